The summed E-state index contributed by atoms with van der Waals surface area (Å²) in [6, 6.07) is 9.00. The fourth-order valence-electron chi connectivity index (χ4n) is 4.12. The number of nitrogens with one attached hydrogen (secondary N) is 1. The van der Waals surface area contributed by atoms with E-state index in [1.54, 1.807) is 21.8 Å². The molecule has 2 N–H and O–H groups in total. The molecule has 0 spiro atoms. The summed E-state index contributed by atoms with van der Waals surface area (Å²) in [5, 5.41) is 21.7. The number of aromatic nitrogens is 6. The van der Waals surface area contributed by atoms with Crippen LogP contribution in [0.25, 0.3) is 17.1 Å². The highest BCUT2D eigenvalue weighted by Crippen LogP contribution is 2.35. The number of hydrogen-bond donors (Lipinski definition) is 2. The number of β-amino-alcohol motifs (C(OH)–C–C–N with tert-alkyl or cyclic N) is 1. The summed E-state index contributed by atoms with van der Waals surface area (Å²) in [4.78, 5) is 21.1. The number of nitrogens with zero attached hydrogens (tertiary/aromatic N) is 6. The summed E-state index contributed by atoms with van der Waals surface area (Å²) < 4.78 is 18.6. The number of alkyl halides is 1. The second kappa shape index (κ2) is 8.88. The highest BCUT2D eigenvalue weighted by Gasteiger charge is 2.42. The Balaban J connectivity index is 1.39. The van der Waals surface area contributed by atoms with E-state index < -0.39 is 11.8 Å². The molecular formula is C24H24FN7O2. The predicted octanol–water partition coefficient (Wildman–Crippen LogP) is 1.53. The maximum atomic E-state index is 15.3. The SMILES string of the molecule is Cn1cc(-n2ccc(=O)c(Cc3cccc(-c4ncc([C@@]5(F)CCNC[C@@H]5O)cn4)c3)n2)cn1. The number of aliphatic hydroxyl groups excluding tert-OH is 1. The van der Waals surface area contributed by atoms with E-state index in [1.165, 1.54) is 18.5 Å². The average molecular weight is 462 g/mol. The number of rotatable bonds is 5. The van der Waals surface area contributed by atoms with Crippen molar-refractivity contribution in [1.29, 1.82) is 0 Å². The van der Waals surface area contributed by atoms with Crippen LogP contribution in [0.1, 0.15) is 23.2 Å². The van der Waals surface area contributed by atoms with Crippen LogP contribution in [0.3, 0.4) is 0 Å². The lowest BCUT2D eigenvalue weighted by Crippen LogP contribution is -2.49. The van der Waals surface area contributed by atoms with Gasteiger partial charge in [-0.15, -0.1) is 0 Å². The largest absolute Gasteiger partial charge is 0.388 e. The Morgan fingerprint density at radius 1 is 1.24 bits per heavy atom. The zero-order chi connectivity index (χ0) is 23.7. The van der Waals surface area contributed by atoms with E-state index >= 15 is 4.39 Å². The Bertz CT molecular complexity index is 1370. The number of aryl methyl sites for hydroxylation is 1. The predicted molar refractivity (Wildman–Crippen MR) is 123 cm³/mol. The van der Waals surface area contributed by atoms with Crippen molar-refractivity contribution in [3.63, 3.8) is 0 Å². The summed E-state index contributed by atoms with van der Waals surface area (Å²) >= 11 is 0. The Hall–Kier alpha value is -3.76. The zero-order valence-electron chi connectivity index (χ0n) is 18.6. The van der Waals surface area contributed by atoms with Gasteiger partial charge in [-0.2, -0.15) is 10.2 Å². The van der Waals surface area contributed by atoms with Crippen molar-refractivity contribution < 1.29 is 9.50 Å². The van der Waals surface area contributed by atoms with Gasteiger partial charge in [0, 0.05) is 62.2 Å². The number of halogens is 1. The van der Waals surface area contributed by atoms with Gasteiger partial charge in [0.1, 0.15) is 17.5 Å². The molecule has 0 saturated carbocycles. The van der Waals surface area contributed by atoms with E-state index in [-0.39, 0.29) is 24.0 Å². The van der Waals surface area contributed by atoms with E-state index in [0.29, 0.717) is 24.5 Å². The van der Waals surface area contributed by atoms with Crippen molar-refractivity contribution >= 4 is 0 Å². The third-order valence-electron chi connectivity index (χ3n) is 6.06. The number of aliphatic hydroxyl groups is 1. The van der Waals surface area contributed by atoms with Gasteiger partial charge in [0.2, 0.25) is 5.43 Å². The van der Waals surface area contributed by atoms with Gasteiger partial charge in [0.15, 0.2) is 11.5 Å². The minimum absolute atomic E-state index is 0.153. The lowest BCUT2D eigenvalue weighted by Gasteiger charge is -2.34. The molecular weight excluding hydrogens is 437 g/mol. The summed E-state index contributed by atoms with van der Waals surface area (Å²) in [6.07, 6.45) is 7.33. The Labute approximate surface area is 194 Å². The summed E-state index contributed by atoms with van der Waals surface area (Å²) in [6.45, 7) is 0.670. The molecule has 1 saturated heterocycles. The smallest absolute Gasteiger partial charge is 0.203 e. The number of hydrogen-bond acceptors (Lipinski definition) is 7. The lowest BCUT2D eigenvalue weighted by molar-refractivity contribution is -0.0349. The highest BCUT2D eigenvalue weighted by molar-refractivity contribution is 5.56. The standard InChI is InChI=1S/C24H24FN7O2/c1-31-15-19(13-29-31)32-8-5-21(33)20(30-32)10-16-3-2-4-17(9-16)23-27-11-18(12-28-23)24(25)6-7-26-14-22(24)34/h2-5,8-9,11-13,15,22,26,34H,6-7,10,14H2,1H3/t22-,24-/m0/s1. The van der Waals surface area contributed by atoms with E-state index in [0.717, 1.165) is 16.8 Å². The first-order valence-electron chi connectivity index (χ1n) is 11.0. The zero-order valence-corrected chi connectivity index (χ0v) is 18.6. The van der Waals surface area contributed by atoms with Gasteiger partial charge in [-0.05, 0) is 18.2 Å². The second-order valence-corrected chi connectivity index (χ2v) is 8.45. The molecule has 5 rings (SSSR count). The molecule has 2 atom stereocenters. The van der Waals surface area contributed by atoms with Gasteiger partial charge in [0.05, 0.1) is 12.4 Å². The molecule has 0 bridgehead atoms. The van der Waals surface area contributed by atoms with Crippen LogP contribution in [0, 0.1) is 0 Å². The van der Waals surface area contributed by atoms with E-state index in [9.17, 15) is 9.90 Å². The average Bonchev–Trinajstić information content (AvgIpc) is 3.29. The molecule has 0 amide bonds. The van der Waals surface area contributed by atoms with Crippen molar-refractivity contribution in [2.45, 2.75) is 24.6 Å². The van der Waals surface area contributed by atoms with Crippen molar-refractivity contribution in [1.82, 2.24) is 34.8 Å². The van der Waals surface area contributed by atoms with Gasteiger partial charge >= 0.3 is 0 Å². The van der Waals surface area contributed by atoms with Crippen molar-refractivity contribution in [3.05, 3.63) is 88.4 Å². The molecule has 1 aliphatic rings. The summed E-state index contributed by atoms with van der Waals surface area (Å²) in [7, 11) is 1.81. The van der Waals surface area contributed by atoms with Gasteiger partial charge in [-0.1, -0.05) is 18.2 Å². The maximum absolute atomic E-state index is 15.3. The van der Waals surface area contributed by atoms with Crippen molar-refractivity contribution in [3.8, 4) is 17.1 Å². The minimum atomic E-state index is -1.86. The molecule has 3 aromatic heterocycles. The molecule has 10 heteroatoms. The van der Waals surface area contributed by atoms with E-state index in [2.05, 4.69) is 25.5 Å². The molecule has 34 heavy (non-hydrogen) atoms. The van der Waals surface area contributed by atoms with Crippen LogP contribution in [0.15, 0.2) is 66.1 Å². The van der Waals surface area contributed by atoms with Crippen molar-refractivity contribution in [2.75, 3.05) is 13.1 Å². The van der Waals surface area contributed by atoms with E-state index in [4.69, 9.17) is 0 Å². The quantitative estimate of drug-likeness (QED) is 0.464. The Morgan fingerprint density at radius 3 is 2.79 bits per heavy atom. The number of piperidine rings is 1. The summed E-state index contributed by atoms with van der Waals surface area (Å²) in [5.74, 6) is 0.436. The minimum Gasteiger partial charge on any atom is -0.388 e. The fraction of sp³-hybridized carbons (Fsp3) is 0.292. The van der Waals surface area contributed by atoms with Gasteiger partial charge in [0.25, 0.3) is 0 Å². The molecule has 4 heterocycles. The van der Waals surface area contributed by atoms with Crippen LogP contribution in [0.4, 0.5) is 4.39 Å². The lowest BCUT2D eigenvalue weighted by atomic mass is 9.86. The first-order chi connectivity index (χ1) is 16.4. The van der Waals surface area contributed by atoms with Crippen LogP contribution in [0.2, 0.25) is 0 Å². The van der Waals surface area contributed by atoms with Crippen LogP contribution in [-0.4, -0.2) is 53.8 Å². The van der Waals surface area contributed by atoms with Gasteiger partial charge in [-0.3, -0.25) is 9.48 Å². The number of benzene rings is 1. The molecule has 174 valence electrons. The Kier molecular flexibility index (Phi) is 5.76. The molecule has 4 aromatic rings. The first kappa shape index (κ1) is 22.1. The third kappa shape index (κ3) is 4.25. The van der Waals surface area contributed by atoms with Crippen LogP contribution < -0.4 is 10.7 Å². The fourth-order valence-corrected chi connectivity index (χ4v) is 4.12. The summed E-state index contributed by atoms with van der Waals surface area (Å²) in [5.41, 5.74) is 1.03. The molecule has 9 nitrogen and oxygen atoms in total. The molecule has 0 aliphatic carbocycles. The first-order valence-corrected chi connectivity index (χ1v) is 11.0. The monoisotopic (exact) mass is 461 g/mol. The topological polar surface area (TPSA) is 111 Å². The van der Waals surface area contributed by atoms with Crippen LogP contribution in [-0.2, 0) is 19.1 Å². The highest BCUT2D eigenvalue weighted by atomic mass is 19.1. The van der Waals surface area contributed by atoms with Crippen LogP contribution in [0.5, 0.6) is 0 Å². The molecule has 0 radical (unpaired) electrons. The molecule has 1 fully saturated rings. The maximum Gasteiger partial charge on any atom is 0.203 e. The second-order valence-electron chi connectivity index (χ2n) is 8.45. The molecule has 1 aliphatic heterocycles. The third-order valence-corrected chi connectivity index (χ3v) is 6.06. The van der Waals surface area contributed by atoms with E-state index in [1.807, 2.05) is 37.5 Å². The van der Waals surface area contributed by atoms with Gasteiger partial charge < -0.3 is 10.4 Å². The Morgan fingerprint density at radius 2 is 2.06 bits per heavy atom. The normalized spacial score (nSPS) is 20.4. The van der Waals surface area contributed by atoms with Crippen molar-refractivity contribution in [2.24, 2.45) is 7.05 Å². The molecule has 1 aromatic carbocycles. The van der Waals surface area contributed by atoms with Crippen LogP contribution >= 0.6 is 0 Å². The van der Waals surface area contributed by atoms with Gasteiger partial charge in [-0.25, -0.2) is 19.0 Å². The molecule has 0 unspecified atom stereocenters.